The molecule has 2 atom stereocenters. The van der Waals surface area contributed by atoms with Gasteiger partial charge in [-0.1, -0.05) is 31.2 Å². The molecule has 1 nitrogen and oxygen atoms in total. The van der Waals surface area contributed by atoms with Crippen LogP contribution in [0.3, 0.4) is 0 Å². The Hall–Kier alpha value is -0.770. The van der Waals surface area contributed by atoms with Crippen molar-refractivity contribution in [1.29, 1.82) is 0 Å². The van der Waals surface area contributed by atoms with Gasteiger partial charge >= 0.3 is 0 Å². The molecule has 1 aromatic rings. The van der Waals surface area contributed by atoms with Crippen LogP contribution in [0.1, 0.15) is 61.2 Å². The predicted octanol–water partition coefficient (Wildman–Crippen LogP) is 5.70. The van der Waals surface area contributed by atoms with E-state index in [0.717, 1.165) is 5.92 Å². The van der Waals surface area contributed by atoms with E-state index in [1.165, 1.54) is 53.2 Å². The summed E-state index contributed by atoms with van der Waals surface area (Å²) < 4.78 is 4.26. The van der Waals surface area contributed by atoms with E-state index in [9.17, 15) is 0 Å². The maximum atomic E-state index is 2.75. The summed E-state index contributed by atoms with van der Waals surface area (Å²) >= 11 is 2.51. The molecule has 1 heterocycles. The lowest BCUT2D eigenvalue weighted by atomic mass is 9.89. The van der Waals surface area contributed by atoms with Gasteiger partial charge in [-0.3, -0.25) is 0 Å². The molecule has 0 radical (unpaired) electrons. The van der Waals surface area contributed by atoms with Gasteiger partial charge in [0.25, 0.3) is 0 Å². The third-order valence-corrected chi connectivity index (χ3v) is 6.12. The molecule has 0 amide bonds. The van der Waals surface area contributed by atoms with Crippen LogP contribution in [0.15, 0.2) is 21.8 Å². The summed E-state index contributed by atoms with van der Waals surface area (Å²) in [5.41, 5.74) is 6.27. The van der Waals surface area contributed by atoms with Gasteiger partial charge in [0.1, 0.15) is 0 Å². The topological polar surface area (TPSA) is 4.93 Å². The fraction of sp³-hybridized carbons (Fsp3) is 0.474. The lowest BCUT2D eigenvalue weighted by Gasteiger charge is -2.31. The summed E-state index contributed by atoms with van der Waals surface area (Å²) in [4.78, 5) is 0. The van der Waals surface area contributed by atoms with Crippen LogP contribution in [-0.4, -0.2) is 4.57 Å². The average molecular weight is 391 g/mol. The Morgan fingerprint density at radius 1 is 1.00 bits per heavy atom. The normalized spacial score (nSPS) is 27.2. The van der Waals surface area contributed by atoms with E-state index in [1.807, 2.05) is 0 Å². The number of rotatable bonds is 1. The maximum Gasteiger partial charge on any atom is 0.0399 e. The molecule has 4 rings (SSSR count). The van der Waals surface area contributed by atoms with Crippen molar-refractivity contribution in [3.63, 3.8) is 0 Å². The van der Waals surface area contributed by atoms with Gasteiger partial charge in [-0.25, -0.2) is 0 Å². The summed E-state index contributed by atoms with van der Waals surface area (Å²) in [6, 6.07) is 0.670. The zero-order valence-electron chi connectivity index (χ0n) is 12.6. The van der Waals surface area contributed by atoms with Crippen molar-refractivity contribution < 1.29 is 0 Å². The third kappa shape index (κ3) is 2.26. The van der Waals surface area contributed by atoms with Crippen molar-refractivity contribution in [3.05, 3.63) is 44.3 Å². The lowest BCUT2D eigenvalue weighted by molar-refractivity contribution is 0.330. The fourth-order valence-electron chi connectivity index (χ4n) is 4.17. The molecule has 0 saturated carbocycles. The molecule has 3 aliphatic carbocycles. The highest BCUT2D eigenvalue weighted by Gasteiger charge is 2.30. The molecule has 1 aromatic heterocycles. The van der Waals surface area contributed by atoms with E-state index in [4.69, 9.17) is 0 Å². The van der Waals surface area contributed by atoms with Gasteiger partial charge in [-0.2, -0.15) is 0 Å². The quantitative estimate of drug-likeness (QED) is 0.428. The molecule has 0 fully saturated rings. The average Bonchev–Trinajstić information content (AvgIpc) is 2.82. The van der Waals surface area contributed by atoms with Crippen molar-refractivity contribution in [2.24, 2.45) is 5.92 Å². The van der Waals surface area contributed by atoms with Crippen molar-refractivity contribution in [3.8, 4) is 0 Å². The minimum Gasteiger partial charge on any atom is -0.344 e. The Kier molecular flexibility index (Phi) is 3.60. The number of nitrogens with zero attached hydrogens (tertiary/aromatic N) is 1. The van der Waals surface area contributed by atoms with Crippen LogP contribution in [0.5, 0.6) is 0 Å². The fourth-order valence-corrected chi connectivity index (χ4v) is 4.76. The predicted molar refractivity (Wildman–Crippen MR) is 98.7 cm³/mol. The Morgan fingerprint density at radius 2 is 1.81 bits per heavy atom. The number of fused-ring (bicyclic) bond motifs is 3. The monoisotopic (exact) mass is 391 g/mol. The summed E-state index contributed by atoms with van der Waals surface area (Å²) in [5, 5.41) is 0. The second-order valence-corrected chi connectivity index (χ2v) is 8.00. The van der Waals surface area contributed by atoms with Gasteiger partial charge in [-0.05, 0) is 76.7 Å². The van der Waals surface area contributed by atoms with Crippen molar-refractivity contribution >= 4 is 34.7 Å². The molecular formula is C19H22IN. The van der Waals surface area contributed by atoms with Crippen molar-refractivity contribution in [2.75, 3.05) is 0 Å². The smallest absolute Gasteiger partial charge is 0.0399 e. The number of allylic oxidation sites excluding steroid dienone is 4. The summed E-state index contributed by atoms with van der Waals surface area (Å²) in [6.07, 6.45) is 19.2. The van der Waals surface area contributed by atoms with E-state index in [1.54, 1.807) is 11.4 Å². The molecule has 0 aliphatic heterocycles. The summed E-state index contributed by atoms with van der Waals surface area (Å²) in [5.74, 6) is 0.756. The Labute approximate surface area is 141 Å². The highest BCUT2D eigenvalue weighted by molar-refractivity contribution is 14.1. The van der Waals surface area contributed by atoms with Gasteiger partial charge in [0.05, 0.1) is 0 Å². The van der Waals surface area contributed by atoms with Crippen LogP contribution in [0.4, 0.5) is 0 Å². The van der Waals surface area contributed by atoms with Gasteiger partial charge in [0.2, 0.25) is 0 Å². The molecule has 0 spiro atoms. The molecule has 110 valence electrons. The zero-order valence-corrected chi connectivity index (χ0v) is 14.8. The molecule has 21 heavy (non-hydrogen) atoms. The van der Waals surface area contributed by atoms with E-state index in [0.29, 0.717) is 6.04 Å². The SMILES string of the molecule is CC1CC=CCC1n1c2c(c3c1CCC(I)=C3)C=CCC2. The minimum atomic E-state index is 0.670. The van der Waals surface area contributed by atoms with Crippen molar-refractivity contribution in [1.82, 2.24) is 4.57 Å². The second-order valence-electron chi connectivity index (χ2n) is 6.61. The van der Waals surface area contributed by atoms with E-state index < -0.39 is 0 Å². The first kappa shape index (κ1) is 13.9. The molecule has 3 aliphatic rings. The zero-order chi connectivity index (χ0) is 14.4. The molecule has 0 saturated heterocycles. The molecule has 2 unspecified atom stereocenters. The van der Waals surface area contributed by atoms with E-state index in [2.05, 4.69) is 64.5 Å². The van der Waals surface area contributed by atoms with Crippen LogP contribution in [-0.2, 0) is 12.8 Å². The number of hydrogen-bond donors (Lipinski definition) is 0. The van der Waals surface area contributed by atoms with Crippen LogP contribution in [0, 0.1) is 5.92 Å². The molecule has 0 aromatic carbocycles. The van der Waals surface area contributed by atoms with Crippen molar-refractivity contribution in [2.45, 2.75) is 51.5 Å². The van der Waals surface area contributed by atoms with Gasteiger partial charge in [0, 0.05) is 28.6 Å². The van der Waals surface area contributed by atoms with Crippen LogP contribution < -0.4 is 0 Å². The molecule has 0 bridgehead atoms. The van der Waals surface area contributed by atoms with Gasteiger partial charge in [-0.15, -0.1) is 0 Å². The van der Waals surface area contributed by atoms with Gasteiger partial charge in [0.15, 0.2) is 0 Å². The number of halogens is 1. The third-order valence-electron chi connectivity index (χ3n) is 5.27. The van der Waals surface area contributed by atoms with E-state index in [-0.39, 0.29) is 0 Å². The standard InChI is InChI=1S/C19H22IN/c1-13-6-2-4-8-17(13)21-18-9-5-3-7-15(18)16-12-14(20)10-11-19(16)21/h2-4,7,12-13,17H,5-6,8-11H2,1H3. The minimum absolute atomic E-state index is 0.670. The Bertz CT molecular complexity index is 660. The summed E-state index contributed by atoms with van der Waals surface area (Å²) in [7, 11) is 0. The Morgan fingerprint density at radius 3 is 2.67 bits per heavy atom. The van der Waals surface area contributed by atoms with Crippen LogP contribution >= 0.6 is 22.6 Å². The largest absolute Gasteiger partial charge is 0.344 e. The highest BCUT2D eigenvalue weighted by atomic mass is 127. The number of hydrogen-bond acceptors (Lipinski definition) is 0. The first-order valence-electron chi connectivity index (χ1n) is 8.19. The molecule has 2 heteroatoms. The lowest BCUT2D eigenvalue weighted by Crippen LogP contribution is -2.23. The first-order valence-corrected chi connectivity index (χ1v) is 9.27. The van der Waals surface area contributed by atoms with Crippen LogP contribution in [0.25, 0.3) is 12.2 Å². The number of aromatic nitrogens is 1. The summed E-state index contributed by atoms with van der Waals surface area (Å²) in [6.45, 7) is 2.42. The maximum absolute atomic E-state index is 2.75. The van der Waals surface area contributed by atoms with Gasteiger partial charge < -0.3 is 4.57 Å². The Balaban J connectivity index is 1.91. The second kappa shape index (κ2) is 5.45. The van der Waals surface area contributed by atoms with Crippen LogP contribution in [0.2, 0.25) is 0 Å². The molecule has 0 N–H and O–H groups in total. The highest BCUT2D eigenvalue weighted by Crippen LogP contribution is 2.42. The first-order chi connectivity index (χ1) is 10.3. The molecular weight excluding hydrogens is 369 g/mol. The van der Waals surface area contributed by atoms with E-state index >= 15 is 0 Å².